The second kappa shape index (κ2) is 8.30. The van der Waals surface area contributed by atoms with Crippen LogP contribution in [0.2, 0.25) is 10.0 Å². The largest absolute Gasteiger partial charge is 0.441 e. The van der Waals surface area contributed by atoms with Crippen LogP contribution in [0.3, 0.4) is 0 Å². The van der Waals surface area contributed by atoms with E-state index >= 15 is 0 Å². The molecule has 0 radical (unpaired) electrons. The number of aromatic nitrogens is 1. The fourth-order valence-electron chi connectivity index (χ4n) is 1.54. The van der Waals surface area contributed by atoms with Crippen molar-refractivity contribution in [1.82, 2.24) is 4.98 Å². The number of benzene rings is 1. The van der Waals surface area contributed by atoms with E-state index in [4.69, 9.17) is 43.6 Å². The summed E-state index contributed by atoms with van der Waals surface area (Å²) in [7, 11) is -3.67. The Morgan fingerprint density at radius 2 is 1.88 bits per heavy atom. The SMILES string of the molecule is CS(=O)(=O)O.Cc1oc(-c2cc(Cl)ccc2Cl)nc1C(=O)N=C(N)N. The number of hydrogen-bond acceptors (Lipinski definition) is 5. The predicted octanol–water partition coefficient (Wildman–Crippen LogP) is 1.87. The molecule has 0 spiro atoms. The summed E-state index contributed by atoms with van der Waals surface area (Å²) >= 11 is 11.9. The molecule has 2 rings (SSSR count). The van der Waals surface area contributed by atoms with E-state index < -0.39 is 16.0 Å². The molecule has 0 aliphatic heterocycles. The van der Waals surface area contributed by atoms with Crippen LogP contribution in [0.1, 0.15) is 16.2 Å². The normalized spacial score (nSPS) is 10.6. The molecule has 1 amide bonds. The van der Waals surface area contributed by atoms with Gasteiger partial charge >= 0.3 is 5.91 Å². The number of nitrogens with zero attached hydrogens (tertiary/aromatic N) is 2. The first-order valence-electron chi connectivity index (χ1n) is 6.37. The topological polar surface area (TPSA) is 162 Å². The molecular formula is C13H14Cl2N4O5S. The van der Waals surface area contributed by atoms with Gasteiger partial charge in [0, 0.05) is 5.02 Å². The highest BCUT2D eigenvalue weighted by Crippen LogP contribution is 2.31. The van der Waals surface area contributed by atoms with E-state index in [1.807, 2.05) is 0 Å². The summed E-state index contributed by atoms with van der Waals surface area (Å²) in [6.45, 7) is 1.57. The third kappa shape index (κ3) is 7.10. The molecule has 0 atom stereocenters. The van der Waals surface area contributed by atoms with Gasteiger partial charge in [-0.25, -0.2) is 4.98 Å². The van der Waals surface area contributed by atoms with Crippen LogP contribution >= 0.6 is 23.2 Å². The van der Waals surface area contributed by atoms with Crippen molar-refractivity contribution < 1.29 is 22.2 Å². The van der Waals surface area contributed by atoms with E-state index in [9.17, 15) is 13.2 Å². The van der Waals surface area contributed by atoms with Crippen LogP contribution in [0.25, 0.3) is 11.5 Å². The molecule has 9 nitrogen and oxygen atoms in total. The van der Waals surface area contributed by atoms with Crippen molar-refractivity contribution in [3.05, 3.63) is 39.7 Å². The van der Waals surface area contributed by atoms with Gasteiger partial charge in [0.15, 0.2) is 11.7 Å². The van der Waals surface area contributed by atoms with Crippen molar-refractivity contribution in [2.75, 3.05) is 6.26 Å². The molecule has 0 aliphatic carbocycles. The molecule has 1 aromatic heterocycles. The monoisotopic (exact) mass is 408 g/mol. The number of aryl methyl sites for hydroxylation is 1. The predicted molar refractivity (Wildman–Crippen MR) is 94.3 cm³/mol. The summed E-state index contributed by atoms with van der Waals surface area (Å²) in [6.07, 6.45) is 0.715. The van der Waals surface area contributed by atoms with Crippen molar-refractivity contribution in [1.29, 1.82) is 0 Å². The summed E-state index contributed by atoms with van der Waals surface area (Å²) < 4.78 is 31.3. The highest BCUT2D eigenvalue weighted by molar-refractivity contribution is 7.85. The molecule has 0 fully saturated rings. The minimum atomic E-state index is -3.67. The van der Waals surface area contributed by atoms with Gasteiger partial charge in [-0.05, 0) is 25.1 Å². The first kappa shape index (κ1) is 20.9. The summed E-state index contributed by atoms with van der Waals surface area (Å²) in [5.41, 5.74) is 10.8. The van der Waals surface area contributed by atoms with Crippen molar-refractivity contribution >= 4 is 45.2 Å². The van der Waals surface area contributed by atoms with Crippen molar-refractivity contribution in [3.63, 3.8) is 0 Å². The maximum atomic E-state index is 11.7. The lowest BCUT2D eigenvalue weighted by molar-refractivity contribution is 0.0997. The van der Waals surface area contributed by atoms with E-state index in [1.165, 1.54) is 0 Å². The quantitative estimate of drug-likeness (QED) is 0.385. The Morgan fingerprint density at radius 3 is 2.40 bits per heavy atom. The second-order valence-electron chi connectivity index (χ2n) is 4.62. The number of oxazole rings is 1. The Hall–Kier alpha value is -2.14. The number of carbonyl (C=O) groups is 1. The fraction of sp³-hybridized carbons (Fsp3) is 0.154. The first-order valence-corrected chi connectivity index (χ1v) is 8.98. The lowest BCUT2D eigenvalue weighted by Gasteiger charge is -1.99. The zero-order valence-corrected chi connectivity index (χ0v) is 15.4. The summed E-state index contributed by atoms with van der Waals surface area (Å²) in [5, 5.41) is 0.869. The number of carbonyl (C=O) groups excluding carboxylic acids is 1. The molecule has 12 heteroatoms. The number of amides is 1. The maximum absolute atomic E-state index is 11.7. The zero-order valence-electron chi connectivity index (χ0n) is 13.0. The van der Waals surface area contributed by atoms with Gasteiger partial charge in [-0.1, -0.05) is 23.2 Å². The van der Waals surface area contributed by atoms with Crippen molar-refractivity contribution in [2.45, 2.75) is 6.92 Å². The van der Waals surface area contributed by atoms with E-state index in [0.29, 0.717) is 21.9 Å². The minimum Gasteiger partial charge on any atom is -0.441 e. The molecule has 1 heterocycles. The Morgan fingerprint density at radius 1 is 1.32 bits per heavy atom. The number of rotatable bonds is 2. The Bertz CT molecular complexity index is 912. The molecule has 0 unspecified atom stereocenters. The van der Waals surface area contributed by atoms with Crippen LogP contribution in [0.5, 0.6) is 0 Å². The standard InChI is InChI=1S/C12H10Cl2N4O2.CH4O3S/c1-5-9(10(19)18-12(15)16)17-11(20-5)7-4-6(13)2-3-8(7)14;1-5(2,3)4/h2-4H,1H3,(H4,15,16,18,19);1H3,(H,2,3,4). The Balaban J connectivity index is 0.000000550. The van der Waals surface area contributed by atoms with Gasteiger partial charge in [0.2, 0.25) is 5.89 Å². The van der Waals surface area contributed by atoms with Crippen LogP contribution < -0.4 is 11.5 Å². The van der Waals surface area contributed by atoms with Gasteiger partial charge in [-0.3, -0.25) is 9.35 Å². The minimum absolute atomic E-state index is 0.0180. The Kier molecular flexibility index (Phi) is 6.94. The molecule has 2 aromatic rings. The van der Waals surface area contributed by atoms with E-state index in [1.54, 1.807) is 25.1 Å². The third-order valence-corrected chi connectivity index (χ3v) is 2.95. The maximum Gasteiger partial charge on any atom is 0.302 e. The summed E-state index contributed by atoms with van der Waals surface area (Å²) in [5.74, 6) is -0.578. The Labute approximate surface area is 153 Å². The molecule has 5 N–H and O–H groups in total. The summed E-state index contributed by atoms with van der Waals surface area (Å²) in [4.78, 5) is 19.2. The molecule has 0 aliphatic rings. The van der Waals surface area contributed by atoms with Crippen LogP contribution in [0.15, 0.2) is 27.6 Å². The van der Waals surface area contributed by atoms with Gasteiger partial charge in [0.25, 0.3) is 10.1 Å². The van der Waals surface area contributed by atoms with Crippen molar-refractivity contribution in [2.24, 2.45) is 16.5 Å². The molecular weight excluding hydrogens is 395 g/mol. The lowest BCUT2D eigenvalue weighted by atomic mass is 10.2. The van der Waals surface area contributed by atoms with Crippen LogP contribution in [-0.4, -0.2) is 36.1 Å². The highest BCUT2D eigenvalue weighted by atomic mass is 35.5. The lowest BCUT2D eigenvalue weighted by Crippen LogP contribution is -2.24. The fourth-order valence-corrected chi connectivity index (χ4v) is 1.91. The van der Waals surface area contributed by atoms with Crippen LogP contribution in [0.4, 0.5) is 0 Å². The molecule has 25 heavy (non-hydrogen) atoms. The summed E-state index contributed by atoms with van der Waals surface area (Å²) in [6, 6.07) is 4.83. The van der Waals surface area contributed by atoms with E-state index in [-0.39, 0.29) is 23.3 Å². The van der Waals surface area contributed by atoms with Gasteiger partial charge in [0.05, 0.1) is 16.8 Å². The molecule has 0 bridgehead atoms. The number of aliphatic imine (C=N–C) groups is 1. The average molecular weight is 409 g/mol. The van der Waals surface area contributed by atoms with E-state index in [0.717, 1.165) is 0 Å². The number of halogens is 2. The highest BCUT2D eigenvalue weighted by Gasteiger charge is 2.19. The van der Waals surface area contributed by atoms with Crippen LogP contribution in [-0.2, 0) is 10.1 Å². The van der Waals surface area contributed by atoms with Gasteiger partial charge in [0.1, 0.15) is 5.76 Å². The number of guanidine groups is 1. The number of nitrogens with two attached hydrogens (primary N) is 2. The smallest absolute Gasteiger partial charge is 0.302 e. The molecule has 1 aromatic carbocycles. The van der Waals surface area contributed by atoms with Gasteiger partial charge in [-0.15, -0.1) is 0 Å². The van der Waals surface area contributed by atoms with E-state index in [2.05, 4.69) is 9.98 Å². The van der Waals surface area contributed by atoms with Crippen molar-refractivity contribution in [3.8, 4) is 11.5 Å². The average Bonchev–Trinajstić information content (AvgIpc) is 2.81. The molecule has 0 saturated carbocycles. The van der Waals surface area contributed by atoms with Gasteiger partial charge in [-0.2, -0.15) is 13.4 Å². The molecule has 136 valence electrons. The third-order valence-electron chi connectivity index (χ3n) is 2.39. The number of hydrogen-bond donors (Lipinski definition) is 3. The second-order valence-corrected chi connectivity index (χ2v) is 6.93. The molecule has 0 saturated heterocycles. The van der Waals surface area contributed by atoms with Gasteiger partial charge < -0.3 is 15.9 Å². The zero-order chi connectivity index (χ0) is 19.4. The first-order chi connectivity index (χ1) is 11.4. The van der Waals surface area contributed by atoms with Crippen LogP contribution in [0, 0.1) is 6.92 Å².